The predicted octanol–water partition coefficient (Wildman–Crippen LogP) is 2.38. The molecule has 0 aromatic heterocycles. The van der Waals surface area contributed by atoms with Gasteiger partial charge in [-0.1, -0.05) is 30.3 Å². The number of guanidine groups is 1. The fourth-order valence-electron chi connectivity index (χ4n) is 2.45. The molecule has 1 fully saturated rings. The number of nitrogens with zero attached hydrogens (tertiary/aromatic N) is 1. The van der Waals surface area contributed by atoms with Crippen LogP contribution in [-0.2, 0) is 4.79 Å². The highest BCUT2D eigenvalue weighted by Gasteiger charge is 2.43. The first-order chi connectivity index (χ1) is 10.6. The fourth-order valence-corrected chi connectivity index (χ4v) is 2.45. The van der Waals surface area contributed by atoms with Crippen LogP contribution in [0.15, 0.2) is 59.6 Å². The molecular weight excluding hydrogens is 278 g/mol. The van der Waals surface area contributed by atoms with E-state index in [1.807, 2.05) is 54.6 Å². The molecule has 0 aliphatic heterocycles. The molecule has 112 valence electrons. The molecule has 0 radical (unpaired) electrons. The molecule has 22 heavy (non-hydrogen) atoms. The minimum atomic E-state index is -0.241. The molecule has 0 bridgehead atoms. The monoisotopic (exact) mass is 295 g/mol. The van der Waals surface area contributed by atoms with E-state index in [0.717, 1.165) is 23.5 Å². The number of ether oxygens (including phenoxy) is 1. The van der Waals surface area contributed by atoms with Crippen LogP contribution >= 0.6 is 0 Å². The van der Waals surface area contributed by atoms with Crippen LogP contribution in [0.2, 0.25) is 0 Å². The van der Waals surface area contributed by atoms with Crippen molar-refractivity contribution >= 4 is 11.9 Å². The van der Waals surface area contributed by atoms with Crippen molar-refractivity contribution in [1.29, 1.82) is 0 Å². The van der Waals surface area contributed by atoms with E-state index in [-0.39, 0.29) is 23.7 Å². The van der Waals surface area contributed by atoms with Gasteiger partial charge in [0.15, 0.2) is 5.96 Å². The highest BCUT2D eigenvalue weighted by molar-refractivity contribution is 5.94. The molecule has 1 amide bonds. The lowest BCUT2D eigenvalue weighted by Crippen LogP contribution is -2.24. The summed E-state index contributed by atoms with van der Waals surface area (Å²) in [5.41, 5.74) is 11.6. The second-order valence-electron chi connectivity index (χ2n) is 5.31. The summed E-state index contributed by atoms with van der Waals surface area (Å²) in [6.45, 7) is 0. The quantitative estimate of drug-likeness (QED) is 0.669. The normalized spacial score (nSPS) is 19.3. The Morgan fingerprint density at radius 3 is 2.27 bits per heavy atom. The van der Waals surface area contributed by atoms with Gasteiger partial charge in [0.1, 0.15) is 11.5 Å². The van der Waals surface area contributed by atoms with Gasteiger partial charge >= 0.3 is 0 Å². The maximum absolute atomic E-state index is 11.7. The topological polar surface area (TPSA) is 90.7 Å². The van der Waals surface area contributed by atoms with Gasteiger partial charge in [-0.25, -0.2) is 0 Å². The second-order valence-corrected chi connectivity index (χ2v) is 5.31. The number of hydrogen-bond acceptors (Lipinski definition) is 2. The van der Waals surface area contributed by atoms with Crippen LogP contribution in [0, 0.1) is 5.92 Å². The van der Waals surface area contributed by atoms with Gasteiger partial charge in [0, 0.05) is 5.92 Å². The molecule has 2 aromatic rings. The van der Waals surface area contributed by atoms with Crippen LogP contribution in [0.5, 0.6) is 11.5 Å². The number of carbonyl (C=O) groups is 1. The van der Waals surface area contributed by atoms with E-state index >= 15 is 0 Å². The average Bonchev–Trinajstić information content (AvgIpc) is 3.29. The Kier molecular flexibility index (Phi) is 3.78. The van der Waals surface area contributed by atoms with Crippen molar-refractivity contribution in [3.63, 3.8) is 0 Å². The largest absolute Gasteiger partial charge is 0.457 e. The summed E-state index contributed by atoms with van der Waals surface area (Å²) in [4.78, 5) is 15.3. The summed E-state index contributed by atoms with van der Waals surface area (Å²) in [7, 11) is 0. The van der Waals surface area contributed by atoms with Crippen LogP contribution in [0.1, 0.15) is 17.9 Å². The third kappa shape index (κ3) is 3.25. The maximum atomic E-state index is 11.7. The van der Waals surface area contributed by atoms with Crippen molar-refractivity contribution < 1.29 is 9.53 Å². The van der Waals surface area contributed by atoms with Crippen molar-refractivity contribution in [2.75, 3.05) is 0 Å². The highest BCUT2D eigenvalue weighted by Crippen LogP contribution is 2.48. The van der Waals surface area contributed by atoms with Crippen LogP contribution in [0.25, 0.3) is 0 Å². The molecular formula is C17H17N3O2. The van der Waals surface area contributed by atoms with Crippen molar-refractivity contribution in [3.8, 4) is 11.5 Å². The van der Waals surface area contributed by atoms with E-state index in [1.165, 1.54) is 0 Å². The lowest BCUT2D eigenvalue weighted by Gasteiger charge is -2.06. The zero-order chi connectivity index (χ0) is 15.5. The van der Waals surface area contributed by atoms with Gasteiger partial charge in [-0.3, -0.25) is 4.79 Å². The number of amides is 1. The van der Waals surface area contributed by atoms with E-state index < -0.39 is 0 Å². The molecule has 1 aliphatic rings. The van der Waals surface area contributed by atoms with Gasteiger partial charge in [0.2, 0.25) is 0 Å². The number of benzene rings is 2. The zero-order valence-corrected chi connectivity index (χ0v) is 12.0. The molecule has 2 unspecified atom stereocenters. The minimum Gasteiger partial charge on any atom is -0.457 e. The summed E-state index contributed by atoms with van der Waals surface area (Å²) >= 11 is 0. The number of para-hydroxylation sites is 1. The first-order valence-electron chi connectivity index (χ1n) is 7.10. The summed E-state index contributed by atoms with van der Waals surface area (Å²) in [6, 6.07) is 17.4. The Morgan fingerprint density at radius 1 is 1.00 bits per heavy atom. The standard InChI is InChI=1S/C17H17N3O2/c18-17(19)20-16(21)15-10-14(15)11-6-8-13(9-7-11)22-12-4-2-1-3-5-12/h1-9,14-15H,10H2,(H4,18,19,20,21). The van der Waals surface area contributed by atoms with Gasteiger partial charge in [-0.2, -0.15) is 4.99 Å². The Balaban J connectivity index is 1.64. The first-order valence-corrected chi connectivity index (χ1v) is 7.10. The number of aliphatic imine (C=N–C) groups is 1. The van der Waals surface area contributed by atoms with Crippen molar-refractivity contribution in [3.05, 3.63) is 60.2 Å². The van der Waals surface area contributed by atoms with E-state index in [9.17, 15) is 4.79 Å². The number of carbonyl (C=O) groups excluding carboxylic acids is 1. The van der Waals surface area contributed by atoms with Gasteiger partial charge in [-0.15, -0.1) is 0 Å². The summed E-state index contributed by atoms with van der Waals surface area (Å²) in [6.07, 6.45) is 0.786. The SMILES string of the molecule is NC(N)=NC(=O)C1CC1c1ccc(Oc2ccccc2)cc1. The molecule has 1 aliphatic carbocycles. The lowest BCUT2D eigenvalue weighted by molar-refractivity contribution is -0.119. The molecule has 4 N–H and O–H groups in total. The van der Waals surface area contributed by atoms with Crippen molar-refractivity contribution in [2.24, 2.45) is 22.4 Å². The molecule has 2 aromatic carbocycles. The summed E-state index contributed by atoms with van der Waals surface area (Å²) < 4.78 is 5.74. The fraction of sp³-hybridized carbons (Fsp3) is 0.176. The first kappa shape index (κ1) is 14.1. The Bertz CT molecular complexity index is 692. The van der Waals surface area contributed by atoms with Gasteiger partial charge < -0.3 is 16.2 Å². The smallest absolute Gasteiger partial charge is 0.252 e. The van der Waals surface area contributed by atoms with Gasteiger partial charge in [0.05, 0.1) is 0 Å². The zero-order valence-electron chi connectivity index (χ0n) is 12.0. The van der Waals surface area contributed by atoms with E-state index in [4.69, 9.17) is 16.2 Å². The maximum Gasteiger partial charge on any atom is 0.252 e. The molecule has 5 heteroatoms. The van der Waals surface area contributed by atoms with Crippen LogP contribution in [0.3, 0.4) is 0 Å². The number of rotatable bonds is 4. The summed E-state index contributed by atoms with van der Waals surface area (Å²) in [5, 5.41) is 0. The van der Waals surface area contributed by atoms with E-state index in [0.29, 0.717) is 0 Å². The number of hydrogen-bond donors (Lipinski definition) is 2. The molecule has 0 heterocycles. The lowest BCUT2D eigenvalue weighted by atomic mass is 10.1. The van der Waals surface area contributed by atoms with Crippen molar-refractivity contribution in [2.45, 2.75) is 12.3 Å². The molecule has 5 nitrogen and oxygen atoms in total. The molecule has 0 saturated heterocycles. The molecule has 2 atom stereocenters. The van der Waals surface area contributed by atoms with E-state index in [1.54, 1.807) is 0 Å². The molecule has 1 saturated carbocycles. The summed E-state index contributed by atoms with van der Waals surface area (Å²) in [5.74, 6) is 1.23. The van der Waals surface area contributed by atoms with Crippen LogP contribution in [-0.4, -0.2) is 11.9 Å². The average molecular weight is 295 g/mol. The van der Waals surface area contributed by atoms with Gasteiger partial charge in [-0.05, 0) is 42.2 Å². The van der Waals surface area contributed by atoms with E-state index in [2.05, 4.69) is 4.99 Å². The Morgan fingerprint density at radius 2 is 1.64 bits per heavy atom. The second kappa shape index (κ2) is 5.89. The minimum absolute atomic E-state index is 0.108. The van der Waals surface area contributed by atoms with Crippen LogP contribution in [0.4, 0.5) is 0 Å². The molecule has 0 spiro atoms. The number of nitrogens with two attached hydrogens (primary N) is 2. The third-order valence-electron chi connectivity index (χ3n) is 3.63. The Hall–Kier alpha value is -2.82. The third-order valence-corrected chi connectivity index (χ3v) is 3.63. The van der Waals surface area contributed by atoms with Gasteiger partial charge in [0.25, 0.3) is 5.91 Å². The van der Waals surface area contributed by atoms with Crippen LogP contribution < -0.4 is 16.2 Å². The molecule has 3 rings (SSSR count). The highest BCUT2D eigenvalue weighted by atomic mass is 16.5. The Labute approximate surface area is 128 Å². The van der Waals surface area contributed by atoms with Crippen molar-refractivity contribution in [1.82, 2.24) is 0 Å². The predicted molar refractivity (Wildman–Crippen MR) is 84.6 cm³/mol.